The summed E-state index contributed by atoms with van der Waals surface area (Å²) in [5, 5.41) is 23.4. The van der Waals surface area contributed by atoms with Gasteiger partial charge >= 0.3 is 11.9 Å². The lowest BCUT2D eigenvalue weighted by molar-refractivity contribution is -0.145. The highest BCUT2D eigenvalue weighted by Gasteiger charge is 2.38. The van der Waals surface area contributed by atoms with Gasteiger partial charge in [0.25, 0.3) is 0 Å². The van der Waals surface area contributed by atoms with Crippen molar-refractivity contribution in [3.8, 4) is 0 Å². The van der Waals surface area contributed by atoms with Crippen LogP contribution >= 0.6 is 11.8 Å². The number of carbonyl (C=O) groups is 5. The third-order valence-corrected chi connectivity index (χ3v) is 6.49. The smallest absolute Gasteiger partial charge is 0.326 e. The topological polar surface area (TPSA) is 179 Å². The second-order valence-electron chi connectivity index (χ2n) is 8.28. The van der Waals surface area contributed by atoms with Crippen LogP contribution in [0, 0.1) is 5.92 Å². The molecule has 188 valence electrons. The zero-order valence-corrected chi connectivity index (χ0v) is 20.2. The van der Waals surface area contributed by atoms with E-state index in [0.717, 1.165) is 0 Å². The molecule has 6 N–H and O–H groups in total. The predicted molar refractivity (Wildman–Crippen MR) is 124 cm³/mol. The number of likely N-dealkylation sites (tertiary alicyclic amines) is 1. The summed E-state index contributed by atoms with van der Waals surface area (Å²) in [6, 6.07) is -3.97. The molecule has 0 radical (unpaired) electrons. The third-order valence-electron chi connectivity index (χ3n) is 5.85. The van der Waals surface area contributed by atoms with Gasteiger partial charge in [0.15, 0.2) is 0 Å². The van der Waals surface area contributed by atoms with Gasteiger partial charge in [-0.25, -0.2) is 4.79 Å². The maximum Gasteiger partial charge on any atom is 0.326 e. The molecule has 1 aliphatic heterocycles. The Morgan fingerprint density at radius 3 is 2.36 bits per heavy atom. The van der Waals surface area contributed by atoms with Crippen LogP contribution in [0.25, 0.3) is 0 Å². The molecule has 1 fully saturated rings. The molecule has 0 aromatic carbocycles. The number of aliphatic carboxylic acids is 2. The lowest BCUT2D eigenvalue weighted by Gasteiger charge is -2.29. The van der Waals surface area contributed by atoms with E-state index in [-0.39, 0.29) is 18.2 Å². The molecule has 0 aromatic heterocycles. The zero-order chi connectivity index (χ0) is 25.1. The standard InChI is InChI=1S/C21H36N4O7S/c1-4-12(2)17(21(31)32)24-18(28)14(7-8-16(26)27)23-19(29)15-6-5-10-25(15)20(30)13(22)9-11-33-3/h12-15,17H,4-11,22H2,1-3H3,(H,23,29)(H,24,28)(H,26,27)(H,31,32). The Morgan fingerprint density at radius 2 is 1.82 bits per heavy atom. The largest absolute Gasteiger partial charge is 0.481 e. The van der Waals surface area contributed by atoms with Gasteiger partial charge in [-0.3, -0.25) is 19.2 Å². The fourth-order valence-electron chi connectivity index (χ4n) is 3.63. The fraction of sp³-hybridized carbons (Fsp3) is 0.762. The minimum absolute atomic E-state index is 0.215. The van der Waals surface area contributed by atoms with Gasteiger partial charge in [-0.2, -0.15) is 11.8 Å². The van der Waals surface area contributed by atoms with E-state index in [1.807, 2.05) is 6.26 Å². The van der Waals surface area contributed by atoms with E-state index < -0.39 is 54.3 Å². The van der Waals surface area contributed by atoms with E-state index in [9.17, 15) is 29.1 Å². The van der Waals surface area contributed by atoms with Crippen LogP contribution < -0.4 is 16.4 Å². The first-order valence-corrected chi connectivity index (χ1v) is 12.5. The maximum absolute atomic E-state index is 13.0. The molecule has 0 aliphatic carbocycles. The highest BCUT2D eigenvalue weighted by molar-refractivity contribution is 7.98. The summed E-state index contributed by atoms with van der Waals surface area (Å²) in [5.74, 6) is -3.73. The lowest BCUT2D eigenvalue weighted by Crippen LogP contribution is -2.57. The van der Waals surface area contributed by atoms with Crippen molar-refractivity contribution in [2.75, 3.05) is 18.6 Å². The normalized spacial score (nSPS) is 19.3. The first-order chi connectivity index (χ1) is 15.5. The summed E-state index contributed by atoms with van der Waals surface area (Å²) in [4.78, 5) is 62.5. The van der Waals surface area contributed by atoms with E-state index in [0.29, 0.717) is 38.0 Å². The molecule has 0 saturated carbocycles. The molecule has 12 heteroatoms. The van der Waals surface area contributed by atoms with Crippen LogP contribution in [-0.4, -0.2) is 87.5 Å². The monoisotopic (exact) mass is 488 g/mol. The van der Waals surface area contributed by atoms with Crippen LogP contribution in [0.2, 0.25) is 0 Å². The minimum Gasteiger partial charge on any atom is -0.481 e. The van der Waals surface area contributed by atoms with Gasteiger partial charge in [0.1, 0.15) is 18.1 Å². The molecule has 33 heavy (non-hydrogen) atoms. The third kappa shape index (κ3) is 8.84. The minimum atomic E-state index is -1.25. The summed E-state index contributed by atoms with van der Waals surface area (Å²) >= 11 is 1.56. The van der Waals surface area contributed by atoms with Gasteiger partial charge in [0.2, 0.25) is 17.7 Å². The second kappa shape index (κ2) is 14.0. The summed E-state index contributed by atoms with van der Waals surface area (Å²) < 4.78 is 0. The highest BCUT2D eigenvalue weighted by atomic mass is 32.2. The van der Waals surface area contributed by atoms with Crippen LogP contribution in [0.1, 0.15) is 52.4 Å². The van der Waals surface area contributed by atoms with Crippen molar-refractivity contribution < 1.29 is 34.2 Å². The number of carboxylic acids is 2. The Labute approximate surface area is 198 Å². The molecule has 1 heterocycles. The number of thioether (sulfide) groups is 1. The van der Waals surface area contributed by atoms with Crippen LogP contribution in [-0.2, 0) is 24.0 Å². The van der Waals surface area contributed by atoms with Crippen LogP contribution in [0.5, 0.6) is 0 Å². The van der Waals surface area contributed by atoms with Crippen molar-refractivity contribution in [3.63, 3.8) is 0 Å². The predicted octanol–water partition coefficient (Wildman–Crippen LogP) is 0.0229. The zero-order valence-electron chi connectivity index (χ0n) is 19.4. The van der Waals surface area contributed by atoms with Crippen LogP contribution in [0.4, 0.5) is 0 Å². The van der Waals surface area contributed by atoms with Crippen LogP contribution in [0.3, 0.4) is 0 Å². The lowest BCUT2D eigenvalue weighted by atomic mass is 9.98. The van der Waals surface area contributed by atoms with Gasteiger partial charge in [-0.05, 0) is 43.6 Å². The summed E-state index contributed by atoms with van der Waals surface area (Å²) in [7, 11) is 0. The van der Waals surface area contributed by atoms with E-state index in [4.69, 9.17) is 10.8 Å². The van der Waals surface area contributed by atoms with Gasteiger partial charge in [0.05, 0.1) is 6.04 Å². The molecule has 1 rings (SSSR count). The van der Waals surface area contributed by atoms with Gasteiger partial charge in [-0.15, -0.1) is 0 Å². The molecule has 5 atom stereocenters. The molecule has 3 amide bonds. The van der Waals surface area contributed by atoms with E-state index >= 15 is 0 Å². The Bertz CT molecular complexity index is 721. The second-order valence-corrected chi connectivity index (χ2v) is 9.27. The molecular weight excluding hydrogens is 452 g/mol. The first kappa shape index (κ1) is 28.7. The highest BCUT2D eigenvalue weighted by Crippen LogP contribution is 2.20. The van der Waals surface area contributed by atoms with Crippen molar-refractivity contribution in [1.29, 1.82) is 0 Å². The SMILES string of the molecule is CCC(C)C(NC(=O)C(CCC(=O)O)NC(=O)C1CCCN1C(=O)C(N)CCSC)C(=O)O. The molecule has 1 saturated heterocycles. The molecule has 5 unspecified atom stereocenters. The van der Waals surface area contributed by atoms with E-state index in [1.54, 1.807) is 25.6 Å². The van der Waals surface area contributed by atoms with E-state index in [2.05, 4.69) is 10.6 Å². The summed E-state index contributed by atoms with van der Waals surface area (Å²) in [6.45, 7) is 3.82. The van der Waals surface area contributed by atoms with Crippen molar-refractivity contribution in [1.82, 2.24) is 15.5 Å². The molecule has 0 aromatic rings. The fourth-order valence-corrected chi connectivity index (χ4v) is 4.12. The first-order valence-electron chi connectivity index (χ1n) is 11.1. The number of nitrogens with one attached hydrogen (secondary N) is 2. The van der Waals surface area contributed by atoms with Crippen LogP contribution in [0.15, 0.2) is 0 Å². The number of hydrogen-bond acceptors (Lipinski definition) is 7. The number of hydrogen-bond donors (Lipinski definition) is 5. The number of carboxylic acid groups (broad SMARTS) is 2. The number of nitrogens with zero attached hydrogens (tertiary/aromatic N) is 1. The van der Waals surface area contributed by atoms with Crippen molar-refractivity contribution >= 4 is 41.4 Å². The van der Waals surface area contributed by atoms with Gasteiger partial charge < -0.3 is 31.5 Å². The Hall–Kier alpha value is -2.34. The molecule has 1 aliphatic rings. The molecular formula is C21H36N4O7S. The van der Waals surface area contributed by atoms with E-state index in [1.165, 1.54) is 4.90 Å². The van der Waals surface area contributed by atoms with Crippen molar-refractivity contribution in [2.24, 2.45) is 11.7 Å². The number of amides is 3. The maximum atomic E-state index is 13.0. The average Bonchev–Trinajstić information content (AvgIpc) is 3.26. The summed E-state index contributed by atoms with van der Waals surface area (Å²) in [5.41, 5.74) is 5.98. The Balaban J connectivity index is 2.94. The quantitative estimate of drug-likeness (QED) is 0.225. The summed E-state index contributed by atoms with van der Waals surface area (Å²) in [6.07, 6.45) is 3.26. The van der Waals surface area contributed by atoms with Gasteiger partial charge in [-0.1, -0.05) is 20.3 Å². The number of carbonyl (C=O) groups excluding carboxylic acids is 3. The number of rotatable bonds is 14. The Morgan fingerprint density at radius 1 is 1.15 bits per heavy atom. The van der Waals surface area contributed by atoms with Crippen molar-refractivity contribution in [3.05, 3.63) is 0 Å². The van der Waals surface area contributed by atoms with Crippen molar-refractivity contribution in [2.45, 2.75) is 76.5 Å². The molecule has 0 bridgehead atoms. The Kier molecular flexibility index (Phi) is 12.2. The molecule has 0 spiro atoms. The average molecular weight is 489 g/mol. The van der Waals surface area contributed by atoms with Gasteiger partial charge in [0, 0.05) is 13.0 Å². The number of nitrogens with two attached hydrogens (primary N) is 1. The molecule has 11 nitrogen and oxygen atoms in total.